The predicted octanol–water partition coefficient (Wildman–Crippen LogP) is 5.46. The Morgan fingerprint density at radius 3 is 2.47 bits per heavy atom. The Hall–Kier alpha value is -3.17. The van der Waals surface area contributed by atoms with Crippen LogP contribution in [0.25, 0.3) is 0 Å². The summed E-state index contributed by atoms with van der Waals surface area (Å²) < 4.78 is 11.6. The number of benzene rings is 2. The molecule has 2 amide bonds. The first-order chi connectivity index (χ1) is 15.3. The standard InChI is InChI=1S/C23H22BrN3O4S/c1-14(2)13-31-19-9-8-15(24)11-18(19)21(28)27-23(32)26-17-6-3-5-16(12-17)25-22(29)20-7-4-10-30-20/h3-12,14H,13H2,1-2H3,(H,25,29)(H2,26,27,28,32). The fraction of sp³-hybridized carbons (Fsp3) is 0.174. The van der Waals surface area contributed by atoms with Gasteiger partial charge in [-0.15, -0.1) is 0 Å². The van der Waals surface area contributed by atoms with E-state index in [1.54, 1.807) is 48.5 Å². The highest BCUT2D eigenvalue weighted by molar-refractivity contribution is 9.10. The minimum atomic E-state index is -0.398. The predicted molar refractivity (Wildman–Crippen MR) is 131 cm³/mol. The molecule has 0 aliphatic rings. The summed E-state index contributed by atoms with van der Waals surface area (Å²) in [5.74, 6) is 0.231. The maximum Gasteiger partial charge on any atom is 0.291 e. The van der Waals surface area contributed by atoms with E-state index < -0.39 is 5.91 Å². The molecule has 32 heavy (non-hydrogen) atoms. The minimum Gasteiger partial charge on any atom is -0.492 e. The number of carbonyl (C=O) groups is 2. The van der Waals surface area contributed by atoms with Gasteiger partial charge in [-0.2, -0.15) is 0 Å². The van der Waals surface area contributed by atoms with Crippen LogP contribution in [0.1, 0.15) is 34.8 Å². The molecule has 2 aromatic carbocycles. The zero-order valence-corrected chi connectivity index (χ0v) is 19.9. The van der Waals surface area contributed by atoms with Crippen molar-refractivity contribution in [1.29, 1.82) is 0 Å². The molecule has 3 rings (SSSR count). The van der Waals surface area contributed by atoms with E-state index in [1.165, 1.54) is 6.26 Å². The molecule has 0 unspecified atom stereocenters. The molecule has 0 saturated carbocycles. The van der Waals surface area contributed by atoms with E-state index in [1.807, 2.05) is 19.9 Å². The Morgan fingerprint density at radius 1 is 1.03 bits per heavy atom. The summed E-state index contributed by atoms with van der Waals surface area (Å²) in [5, 5.41) is 8.46. The van der Waals surface area contributed by atoms with Gasteiger partial charge in [-0.05, 0) is 66.7 Å². The lowest BCUT2D eigenvalue weighted by atomic mass is 10.2. The van der Waals surface area contributed by atoms with Gasteiger partial charge < -0.3 is 19.8 Å². The zero-order chi connectivity index (χ0) is 23.1. The van der Waals surface area contributed by atoms with Gasteiger partial charge >= 0.3 is 0 Å². The first-order valence-corrected chi connectivity index (χ1v) is 11.0. The number of ether oxygens (including phenoxy) is 1. The van der Waals surface area contributed by atoms with Crippen molar-refractivity contribution < 1.29 is 18.7 Å². The van der Waals surface area contributed by atoms with Crippen molar-refractivity contribution in [2.45, 2.75) is 13.8 Å². The summed E-state index contributed by atoms with van der Waals surface area (Å²) in [6, 6.07) is 15.4. The van der Waals surface area contributed by atoms with Crippen LogP contribution in [0.3, 0.4) is 0 Å². The number of hydrogen-bond acceptors (Lipinski definition) is 5. The molecule has 0 spiro atoms. The molecule has 3 aromatic rings. The largest absolute Gasteiger partial charge is 0.492 e. The molecule has 0 atom stereocenters. The van der Waals surface area contributed by atoms with Gasteiger partial charge in [0.1, 0.15) is 5.75 Å². The average Bonchev–Trinajstić information content (AvgIpc) is 3.28. The Balaban J connectivity index is 1.64. The van der Waals surface area contributed by atoms with Crippen LogP contribution in [0.15, 0.2) is 69.8 Å². The number of halogens is 1. The maximum absolute atomic E-state index is 12.8. The topological polar surface area (TPSA) is 92.6 Å². The van der Waals surface area contributed by atoms with Crippen molar-refractivity contribution in [1.82, 2.24) is 5.32 Å². The van der Waals surface area contributed by atoms with Gasteiger partial charge in [-0.1, -0.05) is 35.8 Å². The van der Waals surface area contributed by atoms with Crippen LogP contribution < -0.4 is 20.7 Å². The average molecular weight is 516 g/mol. The van der Waals surface area contributed by atoms with Crippen molar-refractivity contribution in [3.63, 3.8) is 0 Å². The fourth-order valence-corrected chi connectivity index (χ4v) is 3.24. The number of furan rings is 1. The highest BCUT2D eigenvalue weighted by Crippen LogP contribution is 2.24. The first-order valence-electron chi connectivity index (χ1n) is 9.81. The summed E-state index contributed by atoms with van der Waals surface area (Å²) in [6.07, 6.45) is 1.43. The van der Waals surface area contributed by atoms with E-state index in [0.717, 1.165) is 4.47 Å². The summed E-state index contributed by atoms with van der Waals surface area (Å²) in [5.41, 5.74) is 1.50. The lowest BCUT2D eigenvalue weighted by molar-refractivity contribution is 0.0970. The SMILES string of the molecule is CC(C)COc1ccc(Br)cc1C(=O)NC(=S)Nc1cccc(NC(=O)c2ccco2)c1. The van der Waals surface area contributed by atoms with Gasteiger partial charge in [0.2, 0.25) is 0 Å². The molecule has 0 radical (unpaired) electrons. The number of thiocarbonyl (C=S) groups is 1. The lowest BCUT2D eigenvalue weighted by Crippen LogP contribution is -2.34. The molecule has 0 aliphatic carbocycles. The van der Waals surface area contributed by atoms with Crippen LogP contribution in [0.2, 0.25) is 0 Å². The van der Waals surface area contributed by atoms with Gasteiger partial charge in [0.15, 0.2) is 10.9 Å². The van der Waals surface area contributed by atoms with Gasteiger partial charge in [0.25, 0.3) is 11.8 Å². The Morgan fingerprint density at radius 2 is 1.78 bits per heavy atom. The minimum absolute atomic E-state index is 0.110. The molecular formula is C23H22BrN3O4S. The van der Waals surface area contributed by atoms with E-state index in [4.69, 9.17) is 21.4 Å². The van der Waals surface area contributed by atoms with E-state index in [9.17, 15) is 9.59 Å². The number of amides is 2. The molecule has 0 fully saturated rings. The third-order valence-corrected chi connectivity index (χ3v) is 4.81. The monoisotopic (exact) mass is 515 g/mol. The Bertz CT molecular complexity index is 1120. The van der Waals surface area contributed by atoms with Crippen molar-refractivity contribution in [2.24, 2.45) is 5.92 Å². The van der Waals surface area contributed by atoms with Crippen LogP contribution >= 0.6 is 28.1 Å². The smallest absolute Gasteiger partial charge is 0.291 e. The molecule has 0 saturated heterocycles. The van der Waals surface area contributed by atoms with Gasteiger partial charge in [0, 0.05) is 15.8 Å². The van der Waals surface area contributed by atoms with Crippen molar-refractivity contribution in [2.75, 3.05) is 17.2 Å². The highest BCUT2D eigenvalue weighted by Gasteiger charge is 2.16. The zero-order valence-electron chi connectivity index (χ0n) is 17.5. The molecule has 0 aliphatic heterocycles. The molecule has 9 heteroatoms. The van der Waals surface area contributed by atoms with E-state index in [-0.39, 0.29) is 16.8 Å². The number of anilines is 2. The van der Waals surface area contributed by atoms with Crippen molar-refractivity contribution >= 4 is 56.4 Å². The third-order valence-electron chi connectivity index (χ3n) is 4.11. The fourth-order valence-electron chi connectivity index (χ4n) is 2.67. The second kappa shape index (κ2) is 10.9. The molecular weight excluding hydrogens is 494 g/mol. The second-order valence-electron chi connectivity index (χ2n) is 7.27. The third kappa shape index (κ3) is 6.66. The Kier molecular flexibility index (Phi) is 8.02. The number of rotatable bonds is 7. The van der Waals surface area contributed by atoms with Gasteiger partial charge in [-0.25, -0.2) is 0 Å². The summed E-state index contributed by atoms with van der Waals surface area (Å²) in [4.78, 5) is 24.9. The van der Waals surface area contributed by atoms with Crippen LogP contribution in [0.5, 0.6) is 5.75 Å². The highest BCUT2D eigenvalue weighted by atomic mass is 79.9. The number of carbonyl (C=O) groups excluding carboxylic acids is 2. The quantitative estimate of drug-likeness (QED) is 0.362. The van der Waals surface area contributed by atoms with Gasteiger partial charge in [0.05, 0.1) is 18.4 Å². The van der Waals surface area contributed by atoms with Crippen LogP contribution in [-0.4, -0.2) is 23.5 Å². The summed E-state index contributed by atoms with van der Waals surface area (Å²) in [6.45, 7) is 4.55. The lowest BCUT2D eigenvalue weighted by Gasteiger charge is -2.15. The summed E-state index contributed by atoms with van der Waals surface area (Å²) >= 11 is 8.67. The first kappa shape index (κ1) is 23.5. The normalized spacial score (nSPS) is 10.5. The molecule has 1 heterocycles. The molecule has 3 N–H and O–H groups in total. The van der Waals surface area contributed by atoms with E-state index in [0.29, 0.717) is 35.2 Å². The van der Waals surface area contributed by atoms with Crippen LogP contribution in [-0.2, 0) is 0 Å². The van der Waals surface area contributed by atoms with E-state index in [2.05, 4.69) is 31.9 Å². The van der Waals surface area contributed by atoms with Crippen molar-refractivity contribution in [3.05, 3.63) is 76.7 Å². The second-order valence-corrected chi connectivity index (χ2v) is 8.59. The van der Waals surface area contributed by atoms with Crippen LogP contribution in [0, 0.1) is 5.92 Å². The molecule has 166 valence electrons. The van der Waals surface area contributed by atoms with Crippen molar-refractivity contribution in [3.8, 4) is 5.75 Å². The van der Waals surface area contributed by atoms with Gasteiger partial charge in [-0.3, -0.25) is 14.9 Å². The summed E-state index contributed by atoms with van der Waals surface area (Å²) in [7, 11) is 0. The van der Waals surface area contributed by atoms with Crippen LogP contribution in [0.4, 0.5) is 11.4 Å². The number of hydrogen-bond donors (Lipinski definition) is 3. The number of nitrogens with one attached hydrogen (secondary N) is 3. The molecule has 1 aromatic heterocycles. The molecule has 7 nitrogen and oxygen atoms in total. The Labute approximate surface area is 199 Å². The maximum atomic E-state index is 12.8. The van der Waals surface area contributed by atoms with E-state index >= 15 is 0 Å². The molecule has 0 bridgehead atoms.